The fourth-order valence-electron chi connectivity index (χ4n) is 3.79. The van der Waals surface area contributed by atoms with Crippen LogP contribution in [0.1, 0.15) is 45.4 Å². The molecule has 2 aliphatic carbocycles. The highest BCUT2D eigenvalue weighted by Crippen LogP contribution is 2.38. The highest BCUT2D eigenvalue weighted by Gasteiger charge is 2.37. The predicted octanol–water partition coefficient (Wildman–Crippen LogP) is 2.15. The second-order valence-corrected chi connectivity index (χ2v) is 6.29. The van der Waals surface area contributed by atoms with E-state index in [0.717, 1.165) is 29.8 Å². The Morgan fingerprint density at radius 2 is 2.06 bits per heavy atom. The Labute approximate surface area is 99.6 Å². The van der Waals surface area contributed by atoms with Gasteiger partial charge in [0.05, 0.1) is 0 Å². The third-order valence-electron chi connectivity index (χ3n) is 5.10. The van der Waals surface area contributed by atoms with Crippen LogP contribution in [0.25, 0.3) is 0 Å². The zero-order chi connectivity index (χ0) is 11.0. The Kier molecular flexibility index (Phi) is 3.21. The van der Waals surface area contributed by atoms with Crippen LogP contribution in [0.15, 0.2) is 0 Å². The van der Waals surface area contributed by atoms with E-state index in [1.807, 2.05) is 0 Å². The monoisotopic (exact) mass is 222 g/mol. The average Bonchev–Trinajstić information content (AvgIpc) is 2.81. The lowest BCUT2D eigenvalue weighted by Gasteiger charge is -2.26. The zero-order valence-corrected chi connectivity index (χ0v) is 10.5. The summed E-state index contributed by atoms with van der Waals surface area (Å²) in [7, 11) is 0. The lowest BCUT2D eigenvalue weighted by molar-refractivity contribution is 0.317. The lowest BCUT2D eigenvalue weighted by Crippen LogP contribution is -2.42. The molecule has 1 heterocycles. The molecule has 0 amide bonds. The van der Waals surface area contributed by atoms with Gasteiger partial charge in [0, 0.05) is 12.1 Å². The predicted molar refractivity (Wildman–Crippen MR) is 67.4 cm³/mol. The van der Waals surface area contributed by atoms with E-state index in [2.05, 4.69) is 17.6 Å². The molecule has 0 aromatic carbocycles. The van der Waals surface area contributed by atoms with Crippen molar-refractivity contribution in [1.82, 2.24) is 10.6 Å². The minimum absolute atomic E-state index is 0.823. The fraction of sp³-hybridized carbons (Fsp3) is 1.00. The van der Waals surface area contributed by atoms with E-state index in [9.17, 15) is 0 Å². The van der Waals surface area contributed by atoms with Gasteiger partial charge in [-0.05, 0) is 62.9 Å². The largest absolute Gasteiger partial charge is 0.314 e. The molecule has 0 aromatic rings. The summed E-state index contributed by atoms with van der Waals surface area (Å²) in [5.74, 6) is 2.92. The number of rotatable bonds is 4. The fourth-order valence-corrected chi connectivity index (χ4v) is 3.79. The maximum Gasteiger partial charge on any atom is 0.0111 e. The van der Waals surface area contributed by atoms with Crippen molar-refractivity contribution in [2.24, 2.45) is 17.8 Å². The minimum atomic E-state index is 0.823. The quantitative estimate of drug-likeness (QED) is 0.761. The maximum absolute atomic E-state index is 3.86. The Bertz CT molecular complexity index is 235. The van der Waals surface area contributed by atoms with Gasteiger partial charge in [0.25, 0.3) is 0 Å². The summed E-state index contributed by atoms with van der Waals surface area (Å²) in [6.07, 6.45) is 8.60. The van der Waals surface area contributed by atoms with Crippen molar-refractivity contribution in [2.75, 3.05) is 13.1 Å². The van der Waals surface area contributed by atoms with Crippen LogP contribution in [0, 0.1) is 17.8 Å². The first-order valence-corrected chi connectivity index (χ1v) is 7.31. The van der Waals surface area contributed by atoms with Gasteiger partial charge < -0.3 is 10.6 Å². The van der Waals surface area contributed by atoms with Crippen LogP contribution in [0.3, 0.4) is 0 Å². The van der Waals surface area contributed by atoms with E-state index in [-0.39, 0.29) is 0 Å². The molecule has 0 radical (unpaired) electrons. The van der Waals surface area contributed by atoms with Gasteiger partial charge in [0.1, 0.15) is 0 Å². The first-order valence-electron chi connectivity index (χ1n) is 7.31. The van der Waals surface area contributed by atoms with E-state index >= 15 is 0 Å². The van der Waals surface area contributed by atoms with Crippen molar-refractivity contribution in [1.29, 1.82) is 0 Å². The van der Waals surface area contributed by atoms with Crippen LogP contribution >= 0.6 is 0 Å². The van der Waals surface area contributed by atoms with Gasteiger partial charge >= 0.3 is 0 Å². The second-order valence-electron chi connectivity index (χ2n) is 6.29. The molecule has 16 heavy (non-hydrogen) atoms. The number of hydrogen-bond donors (Lipinski definition) is 2. The van der Waals surface area contributed by atoms with E-state index in [4.69, 9.17) is 0 Å². The molecule has 2 nitrogen and oxygen atoms in total. The molecule has 3 rings (SSSR count). The summed E-state index contributed by atoms with van der Waals surface area (Å²) in [5, 5.41) is 7.56. The molecule has 3 fully saturated rings. The van der Waals surface area contributed by atoms with Gasteiger partial charge in [-0.2, -0.15) is 0 Å². The van der Waals surface area contributed by atoms with Crippen LogP contribution in [-0.4, -0.2) is 25.2 Å². The van der Waals surface area contributed by atoms with Gasteiger partial charge in [0.15, 0.2) is 0 Å². The van der Waals surface area contributed by atoms with E-state index in [1.165, 1.54) is 51.6 Å². The molecule has 3 aliphatic rings. The van der Waals surface area contributed by atoms with Gasteiger partial charge in [-0.1, -0.05) is 13.3 Å². The van der Waals surface area contributed by atoms with Gasteiger partial charge in [-0.3, -0.25) is 0 Å². The lowest BCUT2D eigenvalue weighted by atomic mass is 9.93. The van der Waals surface area contributed by atoms with Gasteiger partial charge in [0.2, 0.25) is 0 Å². The molecule has 0 spiro atoms. The van der Waals surface area contributed by atoms with Crippen LogP contribution in [-0.2, 0) is 0 Å². The average molecular weight is 222 g/mol. The van der Waals surface area contributed by atoms with Crippen molar-refractivity contribution in [2.45, 2.75) is 57.5 Å². The van der Waals surface area contributed by atoms with Crippen molar-refractivity contribution >= 4 is 0 Å². The minimum Gasteiger partial charge on any atom is -0.314 e. The van der Waals surface area contributed by atoms with Crippen LogP contribution in [0.5, 0.6) is 0 Å². The van der Waals surface area contributed by atoms with Crippen molar-refractivity contribution < 1.29 is 0 Å². The Morgan fingerprint density at radius 3 is 2.75 bits per heavy atom. The molecule has 2 N–H and O–H groups in total. The Hall–Kier alpha value is -0.0800. The molecule has 5 atom stereocenters. The van der Waals surface area contributed by atoms with Gasteiger partial charge in [-0.25, -0.2) is 0 Å². The molecule has 2 saturated carbocycles. The normalized spacial score (nSPS) is 47.4. The third-order valence-corrected chi connectivity index (χ3v) is 5.10. The van der Waals surface area contributed by atoms with Crippen LogP contribution < -0.4 is 10.6 Å². The zero-order valence-electron chi connectivity index (χ0n) is 10.5. The molecule has 1 saturated heterocycles. The molecule has 0 aromatic heterocycles. The Balaban J connectivity index is 1.48. The Morgan fingerprint density at radius 1 is 1.19 bits per heavy atom. The smallest absolute Gasteiger partial charge is 0.0111 e. The highest BCUT2D eigenvalue weighted by atomic mass is 15.0. The first kappa shape index (κ1) is 11.0. The molecule has 0 bridgehead atoms. The van der Waals surface area contributed by atoms with E-state index < -0.39 is 0 Å². The standard InChI is InChI=1S/C14H26N2/c1-10-8-11(10)9-16-14-5-2-4-12(14)13-6-3-7-15-13/h10-16H,2-9H2,1H3. The molecule has 1 aliphatic heterocycles. The molecule has 5 unspecified atom stereocenters. The van der Waals surface area contributed by atoms with Crippen LogP contribution in [0.2, 0.25) is 0 Å². The third kappa shape index (κ3) is 2.28. The summed E-state index contributed by atoms with van der Waals surface area (Å²) in [4.78, 5) is 0. The van der Waals surface area contributed by atoms with E-state index in [0.29, 0.717) is 0 Å². The van der Waals surface area contributed by atoms with Crippen molar-refractivity contribution in [3.63, 3.8) is 0 Å². The summed E-state index contributed by atoms with van der Waals surface area (Å²) in [5.41, 5.74) is 0. The summed E-state index contributed by atoms with van der Waals surface area (Å²) >= 11 is 0. The molecule has 2 heteroatoms. The second kappa shape index (κ2) is 4.66. The SMILES string of the molecule is CC1CC1CNC1CCCC1C1CCCN1. The molecule has 92 valence electrons. The summed E-state index contributed by atoms with van der Waals surface area (Å²) < 4.78 is 0. The molecular formula is C14H26N2. The number of hydrogen-bond acceptors (Lipinski definition) is 2. The summed E-state index contributed by atoms with van der Waals surface area (Å²) in [6, 6.07) is 1.65. The van der Waals surface area contributed by atoms with E-state index in [1.54, 1.807) is 0 Å². The van der Waals surface area contributed by atoms with Crippen molar-refractivity contribution in [3.05, 3.63) is 0 Å². The summed E-state index contributed by atoms with van der Waals surface area (Å²) in [6.45, 7) is 4.93. The van der Waals surface area contributed by atoms with Crippen LogP contribution in [0.4, 0.5) is 0 Å². The maximum atomic E-state index is 3.86. The van der Waals surface area contributed by atoms with Crippen molar-refractivity contribution in [3.8, 4) is 0 Å². The van der Waals surface area contributed by atoms with Gasteiger partial charge in [-0.15, -0.1) is 0 Å². The first-order chi connectivity index (χ1) is 7.84. The highest BCUT2D eigenvalue weighted by molar-refractivity contribution is 4.94. The topological polar surface area (TPSA) is 24.1 Å². The molecular weight excluding hydrogens is 196 g/mol. The number of nitrogens with one attached hydrogen (secondary N) is 2.